The first-order valence-corrected chi connectivity index (χ1v) is 20.2. The highest BCUT2D eigenvalue weighted by molar-refractivity contribution is 5.92. The number of nitrogens with zero attached hydrogens (tertiary/aromatic N) is 2. The first-order chi connectivity index (χ1) is 29.5. The standard InChI is InChI=1S/C55H46N2O3/c1-41(58)60-54-38-28-46(29-39-54)55(45-26-36-53(59-2)37-27-45)40-44-24-34-52(35-25-44)57(49-16-10-5-11-17-49)51-32-22-43(23-33-51)19-18-42-20-30-50(31-21-42)56(47-12-6-3-7-13-47)48-14-8-4-9-15-48/h3-17,20-40H,18-19H2,1-2H3. The molecule has 5 heteroatoms. The van der Waals surface area contributed by atoms with Gasteiger partial charge >= 0.3 is 5.97 Å². The number of hydrogen-bond donors (Lipinski definition) is 0. The number of ether oxygens (including phenoxy) is 2. The molecule has 294 valence electrons. The lowest BCUT2D eigenvalue weighted by Gasteiger charge is -2.26. The average molecular weight is 783 g/mol. The van der Waals surface area contributed by atoms with Crippen molar-refractivity contribution in [3.63, 3.8) is 0 Å². The average Bonchev–Trinajstić information content (AvgIpc) is 3.30. The summed E-state index contributed by atoms with van der Waals surface area (Å²) in [6.45, 7) is 1.41. The lowest BCUT2D eigenvalue weighted by molar-refractivity contribution is -0.131. The van der Waals surface area contributed by atoms with Crippen LogP contribution in [0.25, 0.3) is 11.6 Å². The molecular weight excluding hydrogens is 737 g/mol. The highest BCUT2D eigenvalue weighted by Gasteiger charge is 2.15. The molecule has 8 rings (SSSR count). The Labute approximate surface area is 353 Å². The molecule has 0 fully saturated rings. The van der Waals surface area contributed by atoms with Gasteiger partial charge in [-0.3, -0.25) is 4.79 Å². The lowest BCUT2D eigenvalue weighted by atomic mass is 9.95. The van der Waals surface area contributed by atoms with E-state index in [4.69, 9.17) is 9.47 Å². The molecule has 8 aromatic rings. The Hall–Kier alpha value is -7.63. The number of carbonyl (C=O) groups excluding carboxylic acids is 1. The van der Waals surface area contributed by atoms with Gasteiger partial charge in [0.05, 0.1) is 7.11 Å². The summed E-state index contributed by atoms with van der Waals surface area (Å²) in [6, 6.07) is 73.7. The highest BCUT2D eigenvalue weighted by atomic mass is 16.5. The number of carbonyl (C=O) groups is 1. The van der Waals surface area contributed by atoms with Crippen LogP contribution in [0.5, 0.6) is 11.5 Å². The Morgan fingerprint density at radius 2 is 0.783 bits per heavy atom. The lowest BCUT2D eigenvalue weighted by Crippen LogP contribution is -2.10. The molecule has 0 spiro atoms. The Balaban J connectivity index is 1.01. The Morgan fingerprint density at radius 1 is 0.433 bits per heavy atom. The number of aryl methyl sites for hydroxylation is 2. The number of rotatable bonds is 14. The van der Waals surface area contributed by atoms with Crippen LogP contribution >= 0.6 is 0 Å². The predicted molar refractivity (Wildman–Crippen MR) is 247 cm³/mol. The molecule has 0 unspecified atom stereocenters. The summed E-state index contributed by atoms with van der Waals surface area (Å²) in [5.74, 6) is 0.962. The van der Waals surface area contributed by atoms with Gasteiger partial charge < -0.3 is 19.3 Å². The van der Waals surface area contributed by atoms with E-state index in [-0.39, 0.29) is 5.97 Å². The Morgan fingerprint density at radius 3 is 1.15 bits per heavy atom. The summed E-state index contributed by atoms with van der Waals surface area (Å²) in [5.41, 5.74) is 13.4. The van der Waals surface area contributed by atoms with Crippen molar-refractivity contribution in [1.82, 2.24) is 0 Å². The second-order valence-electron chi connectivity index (χ2n) is 14.5. The van der Waals surface area contributed by atoms with Gasteiger partial charge in [-0.05, 0) is 149 Å². The van der Waals surface area contributed by atoms with Crippen LogP contribution in [-0.4, -0.2) is 13.1 Å². The molecule has 0 aliphatic carbocycles. The fourth-order valence-corrected chi connectivity index (χ4v) is 7.40. The van der Waals surface area contributed by atoms with Gasteiger partial charge in [0.25, 0.3) is 0 Å². The summed E-state index contributed by atoms with van der Waals surface area (Å²) >= 11 is 0. The van der Waals surface area contributed by atoms with E-state index in [1.807, 2.05) is 42.5 Å². The van der Waals surface area contributed by atoms with Crippen LogP contribution in [0.15, 0.2) is 212 Å². The molecule has 0 aromatic heterocycles. The third-order valence-electron chi connectivity index (χ3n) is 10.4. The fourth-order valence-electron chi connectivity index (χ4n) is 7.40. The van der Waals surface area contributed by atoms with Crippen LogP contribution in [0.4, 0.5) is 34.1 Å². The quantitative estimate of drug-likeness (QED) is 0.0624. The number of anilines is 6. The molecule has 0 saturated carbocycles. The van der Waals surface area contributed by atoms with Crippen LogP contribution in [0.1, 0.15) is 34.7 Å². The van der Waals surface area contributed by atoms with E-state index >= 15 is 0 Å². The van der Waals surface area contributed by atoms with Crippen molar-refractivity contribution in [2.24, 2.45) is 0 Å². The van der Waals surface area contributed by atoms with E-state index < -0.39 is 0 Å². The van der Waals surface area contributed by atoms with Crippen molar-refractivity contribution >= 4 is 51.7 Å². The summed E-state index contributed by atoms with van der Waals surface area (Å²) < 4.78 is 10.7. The maximum Gasteiger partial charge on any atom is 0.308 e. The zero-order valence-electron chi connectivity index (χ0n) is 33.8. The maximum atomic E-state index is 11.5. The van der Waals surface area contributed by atoms with Gasteiger partial charge in [-0.2, -0.15) is 0 Å². The van der Waals surface area contributed by atoms with Gasteiger partial charge in [0.1, 0.15) is 11.5 Å². The normalized spacial score (nSPS) is 11.1. The van der Waals surface area contributed by atoms with Crippen LogP contribution in [0.2, 0.25) is 0 Å². The van der Waals surface area contributed by atoms with E-state index in [1.54, 1.807) is 7.11 Å². The predicted octanol–water partition coefficient (Wildman–Crippen LogP) is 13.9. The van der Waals surface area contributed by atoms with E-state index in [2.05, 4.69) is 186 Å². The van der Waals surface area contributed by atoms with E-state index in [0.717, 1.165) is 75.0 Å². The van der Waals surface area contributed by atoms with E-state index in [9.17, 15) is 4.79 Å². The van der Waals surface area contributed by atoms with Gasteiger partial charge in [0.2, 0.25) is 0 Å². The third kappa shape index (κ3) is 9.55. The molecule has 0 bridgehead atoms. The highest BCUT2D eigenvalue weighted by Crippen LogP contribution is 2.37. The zero-order chi connectivity index (χ0) is 41.1. The van der Waals surface area contributed by atoms with Crippen LogP contribution in [0, 0.1) is 0 Å². The monoisotopic (exact) mass is 782 g/mol. The van der Waals surface area contributed by atoms with Crippen LogP contribution in [-0.2, 0) is 17.6 Å². The largest absolute Gasteiger partial charge is 0.497 e. The van der Waals surface area contributed by atoms with Crippen LogP contribution < -0.4 is 19.3 Å². The minimum atomic E-state index is -0.345. The first kappa shape index (κ1) is 39.2. The number of benzene rings is 8. The SMILES string of the molecule is COc1ccc(C(=Cc2ccc(N(c3ccccc3)c3ccc(CCc4ccc(N(c5ccccc5)c5ccccc5)cc4)cc3)cc2)c2ccc(OC(C)=O)cc2)cc1. The van der Waals surface area contributed by atoms with Crippen molar-refractivity contribution in [2.75, 3.05) is 16.9 Å². The molecule has 0 radical (unpaired) electrons. The van der Waals surface area contributed by atoms with Crippen molar-refractivity contribution in [1.29, 1.82) is 0 Å². The number of esters is 1. The smallest absolute Gasteiger partial charge is 0.308 e. The molecule has 8 aromatic carbocycles. The molecular formula is C55H46N2O3. The van der Waals surface area contributed by atoms with Gasteiger partial charge in [0.15, 0.2) is 0 Å². The second-order valence-corrected chi connectivity index (χ2v) is 14.5. The van der Waals surface area contributed by atoms with Gasteiger partial charge in [0, 0.05) is 41.0 Å². The summed E-state index contributed by atoms with van der Waals surface area (Å²) in [6.07, 6.45) is 4.07. The molecule has 0 heterocycles. The minimum absolute atomic E-state index is 0.345. The second kappa shape index (κ2) is 18.8. The van der Waals surface area contributed by atoms with Crippen molar-refractivity contribution in [3.8, 4) is 11.5 Å². The number of para-hydroxylation sites is 3. The van der Waals surface area contributed by atoms with Crippen molar-refractivity contribution < 1.29 is 14.3 Å². The van der Waals surface area contributed by atoms with Crippen molar-refractivity contribution in [2.45, 2.75) is 19.8 Å². The fraction of sp³-hybridized carbons (Fsp3) is 0.0727. The molecule has 0 aliphatic heterocycles. The molecule has 0 atom stereocenters. The molecule has 0 aliphatic rings. The molecule has 5 nitrogen and oxygen atoms in total. The zero-order valence-corrected chi connectivity index (χ0v) is 33.8. The topological polar surface area (TPSA) is 42.0 Å². The number of hydrogen-bond acceptors (Lipinski definition) is 5. The van der Waals surface area contributed by atoms with Gasteiger partial charge in [-0.25, -0.2) is 0 Å². The molecule has 0 amide bonds. The summed E-state index contributed by atoms with van der Waals surface area (Å²) in [5, 5.41) is 0. The third-order valence-corrected chi connectivity index (χ3v) is 10.4. The molecule has 0 N–H and O–H groups in total. The van der Waals surface area contributed by atoms with E-state index in [0.29, 0.717) is 5.75 Å². The summed E-state index contributed by atoms with van der Waals surface area (Å²) in [7, 11) is 1.67. The number of methoxy groups -OCH3 is 1. The Kier molecular flexibility index (Phi) is 12.3. The van der Waals surface area contributed by atoms with Crippen LogP contribution in [0.3, 0.4) is 0 Å². The minimum Gasteiger partial charge on any atom is -0.497 e. The van der Waals surface area contributed by atoms with Crippen molar-refractivity contribution in [3.05, 3.63) is 240 Å². The van der Waals surface area contributed by atoms with Gasteiger partial charge in [-0.15, -0.1) is 0 Å². The van der Waals surface area contributed by atoms with E-state index in [1.165, 1.54) is 18.1 Å². The maximum absolute atomic E-state index is 11.5. The Bertz CT molecular complexity index is 2590. The summed E-state index contributed by atoms with van der Waals surface area (Å²) in [4.78, 5) is 16.1. The molecule has 60 heavy (non-hydrogen) atoms. The first-order valence-electron chi connectivity index (χ1n) is 20.2. The van der Waals surface area contributed by atoms with Gasteiger partial charge in [-0.1, -0.05) is 115 Å². The molecule has 0 saturated heterocycles.